The van der Waals surface area contributed by atoms with Crippen molar-refractivity contribution in [2.24, 2.45) is 0 Å². The normalized spacial score (nSPS) is 13.5. The van der Waals surface area contributed by atoms with Crippen LogP contribution in [-0.4, -0.2) is 41.0 Å². The van der Waals surface area contributed by atoms with E-state index in [0.29, 0.717) is 23.7 Å². The molecule has 176 valence electrons. The molecule has 2 heterocycles. The molecule has 1 saturated heterocycles. The van der Waals surface area contributed by atoms with Gasteiger partial charge >= 0.3 is 0 Å². The summed E-state index contributed by atoms with van der Waals surface area (Å²) < 4.78 is 0. The maximum Gasteiger partial charge on any atom is 0.282 e. The van der Waals surface area contributed by atoms with Crippen LogP contribution < -0.4 is 5.32 Å². The molecule has 0 aliphatic carbocycles. The number of nitro benzene ring substituents is 1. The number of likely N-dealkylation sites (tertiary alicyclic amines) is 1. The molecule has 0 saturated carbocycles. The van der Waals surface area contributed by atoms with Gasteiger partial charge in [-0.2, -0.15) is 0 Å². The number of nitro groups is 1. The third-order valence-electron chi connectivity index (χ3n) is 5.91. The topological polar surface area (TPSA) is 92.5 Å². The Hall–Kier alpha value is -3.17. The average molecular weight is 496 g/mol. The highest BCUT2D eigenvalue weighted by Gasteiger charge is 2.29. The summed E-state index contributed by atoms with van der Waals surface area (Å²) in [6.45, 7) is 3.26. The van der Waals surface area contributed by atoms with Crippen LogP contribution in [0.1, 0.15) is 45.5 Å². The molecular formula is C25H25N3O4S2. The van der Waals surface area contributed by atoms with E-state index >= 15 is 0 Å². The Morgan fingerprint density at radius 2 is 1.79 bits per heavy atom. The van der Waals surface area contributed by atoms with E-state index in [1.807, 2.05) is 48.4 Å². The summed E-state index contributed by atoms with van der Waals surface area (Å²) in [6.07, 6.45) is 4.85. The Bertz CT molecular complexity index is 1230. The van der Waals surface area contributed by atoms with Gasteiger partial charge in [0.2, 0.25) is 0 Å². The highest BCUT2D eigenvalue weighted by Crippen LogP contribution is 2.41. The number of rotatable bonds is 6. The van der Waals surface area contributed by atoms with Crippen molar-refractivity contribution in [3.63, 3.8) is 0 Å². The number of nitrogens with zero attached hydrogens (tertiary/aromatic N) is 2. The molecule has 1 N–H and O–H groups in total. The molecule has 0 radical (unpaired) electrons. The van der Waals surface area contributed by atoms with E-state index in [2.05, 4.69) is 5.32 Å². The number of benzene rings is 2. The summed E-state index contributed by atoms with van der Waals surface area (Å²) in [6, 6.07) is 14.2. The molecule has 1 aromatic heterocycles. The van der Waals surface area contributed by atoms with Crippen LogP contribution in [0.15, 0.2) is 53.4 Å². The van der Waals surface area contributed by atoms with E-state index in [9.17, 15) is 19.7 Å². The first-order chi connectivity index (χ1) is 16.4. The maximum atomic E-state index is 13.5. The number of carbonyl (C=O) groups excluding carboxylic acids is 2. The van der Waals surface area contributed by atoms with Crippen molar-refractivity contribution in [2.45, 2.75) is 31.1 Å². The zero-order chi connectivity index (χ0) is 24.2. The smallest absolute Gasteiger partial charge is 0.282 e. The average Bonchev–Trinajstić information content (AvgIpc) is 3.19. The Morgan fingerprint density at radius 3 is 2.44 bits per heavy atom. The fourth-order valence-electron chi connectivity index (χ4n) is 4.13. The second kappa shape index (κ2) is 10.4. The van der Waals surface area contributed by atoms with Gasteiger partial charge in [-0.15, -0.1) is 23.1 Å². The van der Waals surface area contributed by atoms with Gasteiger partial charge in [-0.3, -0.25) is 19.7 Å². The first kappa shape index (κ1) is 24.0. The molecular weight excluding hydrogens is 470 g/mol. The summed E-state index contributed by atoms with van der Waals surface area (Å²) in [4.78, 5) is 41.3. The monoisotopic (exact) mass is 495 g/mol. The third kappa shape index (κ3) is 4.85. The minimum Gasteiger partial charge on any atom is -0.339 e. The number of thiophene rings is 1. The third-order valence-corrected chi connectivity index (χ3v) is 7.89. The van der Waals surface area contributed by atoms with E-state index in [1.165, 1.54) is 35.2 Å². The van der Waals surface area contributed by atoms with Crippen molar-refractivity contribution in [3.05, 3.63) is 75.3 Å². The number of hydrogen-bond donors (Lipinski definition) is 1. The van der Waals surface area contributed by atoms with Crippen molar-refractivity contribution in [2.75, 3.05) is 24.7 Å². The second-order valence-electron chi connectivity index (χ2n) is 8.07. The second-order valence-corrected chi connectivity index (χ2v) is 9.97. The molecule has 2 amide bonds. The molecule has 0 unspecified atom stereocenters. The number of nitrogens with one attached hydrogen (secondary N) is 1. The number of amides is 2. The lowest BCUT2D eigenvalue weighted by Gasteiger charge is -2.27. The lowest BCUT2D eigenvalue weighted by atomic mass is 10.0. The SMILES string of the molecule is CSc1ccc([N+](=O)[O-])c(C(=O)Nc2sc(-c3ccccc3)c(C)c2C(=O)N2CCCCC2)c1. The van der Waals surface area contributed by atoms with Crippen LogP contribution in [0.3, 0.4) is 0 Å². The van der Waals surface area contributed by atoms with Crippen LogP contribution in [0.5, 0.6) is 0 Å². The van der Waals surface area contributed by atoms with E-state index in [-0.39, 0.29) is 17.2 Å². The minimum atomic E-state index is -0.601. The minimum absolute atomic E-state index is 0.0273. The van der Waals surface area contributed by atoms with Gasteiger partial charge in [0.1, 0.15) is 10.6 Å². The van der Waals surface area contributed by atoms with Crippen LogP contribution in [-0.2, 0) is 0 Å². The van der Waals surface area contributed by atoms with Crippen molar-refractivity contribution in [1.82, 2.24) is 4.90 Å². The van der Waals surface area contributed by atoms with E-state index in [0.717, 1.165) is 40.2 Å². The van der Waals surface area contributed by atoms with Gasteiger partial charge in [-0.1, -0.05) is 30.3 Å². The molecule has 3 aromatic rings. The van der Waals surface area contributed by atoms with Crippen LogP contribution >= 0.6 is 23.1 Å². The van der Waals surface area contributed by atoms with Crippen molar-refractivity contribution >= 4 is 45.6 Å². The summed E-state index contributed by atoms with van der Waals surface area (Å²) in [5.41, 5.74) is 1.92. The summed E-state index contributed by atoms with van der Waals surface area (Å²) in [7, 11) is 0. The molecule has 4 rings (SSSR count). The Labute approximate surface area is 206 Å². The number of thioether (sulfide) groups is 1. The van der Waals surface area contributed by atoms with Crippen LogP contribution in [0.4, 0.5) is 10.7 Å². The zero-order valence-electron chi connectivity index (χ0n) is 19.0. The van der Waals surface area contributed by atoms with Crippen molar-refractivity contribution in [1.29, 1.82) is 0 Å². The Morgan fingerprint density at radius 1 is 1.09 bits per heavy atom. The largest absolute Gasteiger partial charge is 0.339 e. The van der Waals surface area contributed by atoms with E-state index < -0.39 is 10.8 Å². The van der Waals surface area contributed by atoms with Gasteiger partial charge in [-0.25, -0.2) is 0 Å². The zero-order valence-corrected chi connectivity index (χ0v) is 20.6. The lowest BCUT2D eigenvalue weighted by Crippen LogP contribution is -2.36. The van der Waals surface area contributed by atoms with Crippen molar-refractivity contribution in [3.8, 4) is 10.4 Å². The van der Waals surface area contributed by atoms with Crippen LogP contribution in [0.25, 0.3) is 10.4 Å². The molecule has 1 aliphatic rings. The Balaban J connectivity index is 1.77. The van der Waals surface area contributed by atoms with Crippen LogP contribution in [0.2, 0.25) is 0 Å². The number of piperidine rings is 1. The number of hydrogen-bond acceptors (Lipinski definition) is 6. The van der Waals surface area contributed by atoms with Crippen LogP contribution in [0, 0.1) is 17.0 Å². The van der Waals surface area contributed by atoms with Gasteiger partial charge in [0.15, 0.2) is 0 Å². The standard InChI is InChI=1S/C25H25N3O4S2/c1-16-21(25(30)27-13-7-4-8-14-27)24(34-22(16)17-9-5-3-6-10-17)26-23(29)19-15-18(33-2)11-12-20(19)28(31)32/h3,5-6,9-12,15H,4,7-8,13-14H2,1-2H3,(H,26,29). The molecule has 0 spiro atoms. The first-order valence-electron chi connectivity index (χ1n) is 11.0. The van der Waals surface area contributed by atoms with Gasteiger partial charge in [0.05, 0.1) is 10.5 Å². The summed E-state index contributed by atoms with van der Waals surface area (Å²) >= 11 is 2.72. The van der Waals surface area contributed by atoms with Crippen molar-refractivity contribution < 1.29 is 14.5 Å². The molecule has 9 heteroatoms. The predicted octanol–water partition coefficient (Wildman–Crippen LogP) is 6.23. The maximum absolute atomic E-state index is 13.5. The number of anilines is 1. The molecule has 34 heavy (non-hydrogen) atoms. The molecule has 1 aliphatic heterocycles. The van der Waals surface area contributed by atoms with Gasteiger partial charge in [-0.05, 0) is 55.7 Å². The summed E-state index contributed by atoms with van der Waals surface area (Å²) in [5, 5.41) is 14.8. The fraction of sp³-hybridized carbons (Fsp3) is 0.280. The highest BCUT2D eigenvalue weighted by atomic mass is 32.2. The summed E-state index contributed by atoms with van der Waals surface area (Å²) in [5.74, 6) is -0.713. The first-order valence-corrected chi connectivity index (χ1v) is 13.1. The molecule has 7 nitrogen and oxygen atoms in total. The lowest BCUT2D eigenvalue weighted by molar-refractivity contribution is -0.385. The fourth-order valence-corrected chi connectivity index (χ4v) is 5.77. The van der Waals surface area contributed by atoms with E-state index in [4.69, 9.17) is 0 Å². The highest BCUT2D eigenvalue weighted by molar-refractivity contribution is 7.98. The molecule has 0 atom stereocenters. The van der Waals surface area contributed by atoms with Gasteiger partial charge < -0.3 is 10.2 Å². The molecule has 2 aromatic carbocycles. The predicted molar refractivity (Wildman–Crippen MR) is 137 cm³/mol. The quantitative estimate of drug-likeness (QED) is 0.248. The van der Waals surface area contributed by atoms with Gasteiger partial charge in [0, 0.05) is 28.9 Å². The van der Waals surface area contributed by atoms with Gasteiger partial charge in [0.25, 0.3) is 17.5 Å². The number of carbonyl (C=O) groups is 2. The Kier molecular flexibility index (Phi) is 7.33. The molecule has 1 fully saturated rings. The van der Waals surface area contributed by atoms with E-state index in [1.54, 1.807) is 6.07 Å². The molecule has 0 bridgehead atoms.